The van der Waals surface area contributed by atoms with Gasteiger partial charge in [-0.3, -0.25) is 0 Å². The maximum Gasteiger partial charge on any atom is 0.322 e. The molecule has 0 bridgehead atoms. The van der Waals surface area contributed by atoms with Crippen LogP contribution in [-0.4, -0.2) is 29.1 Å². The summed E-state index contributed by atoms with van der Waals surface area (Å²) in [6.45, 7) is 2.04. The molecular weight excluding hydrogens is 322 g/mol. The van der Waals surface area contributed by atoms with Crippen molar-refractivity contribution in [1.82, 2.24) is 15.0 Å². The molecule has 0 radical (unpaired) electrons. The zero-order chi connectivity index (χ0) is 14.5. The minimum Gasteiger partial charge on any atom is -0.467 e. The van der Waals surface area contributed by atoms with Crippen molar-refractivity contribution in [3.05, 3.63) is 34.3 Å². The highest BCUT2D eigenvalue weighted by molar-refractivity contribution is 9.10. The summed E-state index contributed by atoms with van der Waals surface area (Å²) in [6, 6.07) is 8.40. The van der Waals surface area contributed by atoms with Crippen molar-refractivity contribution in [3.63, 3.8) is 0 Å². The van der Waals surface area contributed by atoms with Crippen LogP contribution >= 0.6 is 15.9 Å². The van der Waals surface area contributed by atoms with E-state index in [-0.39, 0.29) is 12.1 Å². The molecule has 0 aliphatic heterocycles. The van der Waals surface area contributed by atoms with Crippen LogP contribution in [0.15, 0.2) is 28.7 Å². The first-order valence-corrected chi connectivity index (χ1v) is 6.91. The SMILES string of the molecule is CNc1nc(NC(C)c2cccc(Br)c2)nc(OC)n1. The molecule has 2 aromatic rings. The van der Waals surface area contributed by atoms with E-state index in [1.807, 2.05) is 25.1 Å². The van der Waals surface area contributed by atoms with Crippen molar-refractivity contribution >= 4 is 27.8 Å². The molecule has 0 spiro atoms. The number of benzene rings is 1. The molecule has 1 aromatic carbocycles. The number of methoxy groups -OCH3 is 1. The van der Waals surface area contributed by atoms with Gasteiger partial charge in [0.05, 0.1) is 13.2 Å². The van der Waals surface area contributed by atoms with Crippen LogP contribution in [0.2, 0.25) is 0 Å². The number of ether oxygens (including phenoxy) is 1. The molecule has 0 aliphatic rings. The number of anilines is 2. The van der Waals surface area contributed by atoms with Crippen molar-refractivity contribution in [2.75, 3.05) is 24.8 Å². The average molecular weight is 338 g/mol. The van der Waals surface area contributed by atoms with Gasteiger partial charge in [0.1, 0.15) is 0 Å². The van der Waals surface area contributed by atoms with Gasteiger partial charge in [0.15, 0.2) is 0 Å². The first-order valence-electron chi connectivity index (χ1n) is 6.12. The van der Waals surface area contributed by atoms with Crippen LogP contribution in [-0.2, 0) is 0 Å². The number of nitrogens with zero attached hydrogens (tertiary/aromatic N) is 3. The lowest BCUT2D eigenvalue weighted by Gasteiger charge is -2.15. The Bertz CT molecular complexity index is 570. The van der Waals surface area contributed by atoms with Crippen LogP contribution in [0, 0.1) is 0 Å². The molecule has 20 heavy (non-hydrogen) atoms. The quantitative estimate of drug-likeness (QED) is 0.874. The Morgan fingerprint density at radius 1 is 1.20 bits per heavy atom. The summed E-state index contributed by atoms with van der Waals surface area (Å²) in [5.74, 6) is 0.925. The van der Waals surface area contributed by atoms with Gasteiger partial charge in [-0.15, -0.1) is 0 Å². The Morgan fingerprint density at radius 2 is 1.95 bits per heavy atom. The predicted molar refractivity (Wildman–Crippen MR) is 82.1 cm³/mol. The molecule has 0 amide bonds. The highest BCUT2D eigenvalue weighted by Crippen LogP contribution is 2.21. The van der Waals surface area contributed by atoms with Gasteiger partial charge in [0, 0.05) is 11.5 Å². The zero-order valence-electron chi connectivity index (χ0n) is 11.5. The number of rotatable bonds is 5. The summed E-state index contributed by atoms with van der Waals surface area (Å²) < 4.78 is 6.09. The Kier molecular flexibility index (Phi) is 4.73. The monoisotopic (exact) mass is 337 g/mol. The summed E-state index contributed by atoms with van der Waals surface area (Å²) in [7, 11) is 3.27. The minimum absolute atomic E-state index is 0.0595. The molecule has 0 saturated carbocycles. The van der Waals surface area contributed by atoms with Gasteiger partial charge >= 0.3 is 6.01 Å². The number of halogens is 1. The maximum atomic E-state index is 5.05. The van der Waals surface area contributed by atoms with E-state index >= 15 is 0 Å². The van der Waals surface area contributed by atoms with E-state index < -0.39 is 0 Å². The molecule has 2 rings (SSSR count). The number of aromatic nitrogens is 3. The second-order valence-electron chi connectivity index (χ2n) is 4.14. The van der Waals surface area contributed by atoms with Gasteiger partial charge in [-0.05, 0) is 24.6 Å². The molecule has 0 aliphatic carbocycles. The van der Waals surface area contributed by atoms with Crippen LogP contribution < -0.4 is 15.4 Å². The summed E-state index contributed by atoms with van der Waals surface area (Å²) in [5.41, 5.74) is 1.13. The van der Waals surface area contributed by atoms with Crippen molar-refractivity contribution < 1.29 is 4.74 Å². The van der Waals surface area contributed by atoms with Gasteiger partial charge in [0.2, 0.25) is 11.9 Å². The first-order chi connectivity index (χ1) is 9.62. The van der Waals surface area contributed by atoms with Crippen molar-refractivity contribution in [3.8, 4) is 6.01 Å². The molecule has 0 saturated heterocycles. The van der Waals surface area contributed by atoms with Gasteiger partial charge in [0.25, 0.3) is 0 Å². The molecule has 2 N–H and O–H groups in total. The van der Waals surface area contributed by atoms with Crippen LogP contribution in [0.3, 0.4) is 0 Å². The molecule has 1 heterocycles. The zero-order valence-corrected chi connectivity index (χ0v) is 13.1. The lowest BCUT2D eigenvalue weighted by molar-refractivity contribution is 0.379. The average Bonchev–Trinajstić information content (AvgIpc) is 2.46. The third-order valence-electron chi connectivity index (χ3n) is 2.72. The Morgan fingerprint density at radius 3 is 2.60 bits per heavy atom. The van der Waals surface area contributed by atoms with E-state index in [4.69, 9.17) is 4.74 Å². The Balaban J connectivity index is 2.20. The molecule has 7 heteroatoms. The van der Waals surface area contributed by atoms with Crippen molar-refractivity contribution in [1.29, 1.82) is 0 Å². The van der Waals surface area contributed by atoms with Crippen LogP contribution in [0.1, 0.15) is 18.5 Å². The van der Waals surface area contributed by atoms with Gasteiger partial charge in [-0.2, -0.15) is 15.0 Å². The molecule has 1 aromatic heterocycles. The minimum atomic E-state index is 0.0595. The van der Waals surface area contributed by atoms with Crippen LogP contribution in [0.5, 0.6) is 6.01 Å². The topological polar surface area (TPSA) is 72.0 Å². The summed E-state index contributed by atoms with van der Waals surface area (Å²) in [6.07, 6.45) is 0. The fraction of sp³-hybridized carbons (Fsp3) is 0.308. The molecule has 0 fully saturated rings. The van der Waals surface area contributed by atoms with E-state index in [2.05, 4.69) is 47.6 Å². The second-order valence-corrected chi connectivity index (χ2v) is 5.06. The number of hydrogen-bond acceptors (Lipinski definition) is 6. The van der Waals surface area contributed by atoms with E-state index in [9.17, 15) is 0 Å². The fourth-order valence-corrected chi connectivity index (χ4v) is 2.09. The predicted octanol–water partition coefficient (Wildman–Crippen LogP) is 2.86. The smallest absolute Gasteiger partial charge is 0.322 e. The van der Waals surface area contributed by atoms with Gasteiger partial charge < -0.3 is 15.4 Å². The lowest BCUT2D eigenvalue weighted by Crippen LogP contribution is -2.12. The van der Waals surface area contributed by atoms with Gasteiger partial charge in [-0.25, -0.2) is 0 Å². The van der Waals surface area contributed by atoms with Crippen molar-refractivity contribution in [2.45, 2.75) is 13.0 Å². The van der Waals surface area contributed by atoms with Crippen LogP contribution in [0.25, 0.3) is 0 Å². The Labute approximate surface area is 126 Å². The van der Waals surface area contributed by atoms with E-state index in [1.54, 1.807) is 7.05 Å². The highest BCUT2D eigenvalue weighted by atomic mass is 79.9. The molecule has 106 valence electrons. The highest BCUT2D eigenvalue weighted by Gasteiger charge is 2.10. The molecular formula is C13H16BrN5O. The standard InChI is InChI=1S/C13H16BrN5O/c1-8(9-5-4-6-10(14)7-9)16-12-17-11(15-2)18-13(19-12)20-3/h4-8H,1-3H3,(H2,15,16,17,18,19). The molecule has 6 nitrogen and oxygen atoms in total. The van der Waals surface area contributed by atoms with E-state index in [0.29, 0.717) is 11.9 Å². The summed E-state index contributed by atoms with van der Waals surface area (Å²) >= 11 is 3.46. The summed E-state index contributed by atoms with van der Waals surface area (Å²) in [5, 5.41) is 6.11. The lowest BCUT2D eigenvalue weighted by atomic mass is 10.1. The summed E-state index contributed by atoms with van der Waals surface area (Å²) in [4.78, 5) is 12.5. The van der Waals surface area contributed by atoms with E-state index in [0.717, 1.165) is 10.0 Å². The Hall–Kier alpha value is -1.89. The third-order valence-corrected chi connectivity index (χ3v) is 3.21. The van der Waals surface area contributed by atoms with Gasteiger partial charge in [-0.1, -0.05) is 28.1 Å². The second kappa shape index (κ2) is 6.51. The van der Waals surface area contributed by atoms with Crippen LogP contribution in [0.4, 0.5) is 11.9 Å². The third kappa shape index (κ3) is 3.57. The molecule has 1 unspecified atom stereocenters. The fourth-order valence-electron chi connectivity index (χ4n) is 1.68. The first kappa shape index (κ1) is 14.5. The number of hydrogen-bond donors (Lipinski definition) is 2. The van der Waals surface area contributed by atoms with E-state index in [1.165, 1.54) is 7.11 Å². The molecule has 1 atom stereocenters. The maximum absolute atomic E-state index is 5.05. The number of nitrogens with one attached hydrogen (secondary N) is 2. The normalized spacial score (nSPS) is 11.8. The van der Waals surface area contributed by atoms with Crippen molar-refractivity contribution in [2.24, 2.45) is 0 Å². The largest absolute Gasteiger partial charge is 0.467 e.